The molecule has 0 bridgehead atoms. The van der Waals surface area contributed by atoms with Crippen molar-refractivity contribution < 1.29 is 9.84 Å². The molecule has 106 valence electrons. The Kier molecular flexibility index (Phi) is 4.80. The van der Waals surface area contributed by atoms with Gasteiger partial charge in [0.05, 0.1) is 13.7 Å². The predicted octanol–water partition coefficient (Wildman–Crippen LogP) is 3.58. The molecule has 2 rings (SSSR count). The van der Waals surface area contributed by atoms with Gasteiger partial charge in [-0.25, -0.2) is 0 Å². The van der Waals surface area contributed by atoms with Gasteiger partial charge in [-0.15, -0.1) is 0 Å². The zero-order chi connectivity index (χ0) is 14.4. The van der Waals surface area contributed by atoms with Crippen LogP contribution in [0.1, 0.15) is 24.5 Å². The monoisotopic (exact) mass is 270 g/mol. The maximum absolute atomic E-state index is 9.99. The molecule has 2 aromatic rings. The van der Waals surface area contributed by atoms with Gasteiger partial charge >= 0.3 is 0 Å². The Bertz CT molecular complexity index is 530. The molecule has 0 saturated heterocycles. The van der Waals surface area contributed by atoms with Gasteiger partial charge in [-0.2, -0.15) is 0 Å². The van der Waals surface area contributed by atoms with Crippen molar-refractivity contribution in [2.75, 3.05) is 13.7 Å². The molecule has 0 aromatic heterocycles. The van der Waals surface area contributed by atoms with Gasteiger partial charge in [0.2, 0.25) is 0 Å². The van der Waals surface area contributed by atoms with E-state index < -0.39 is 0 Å². The Morgan fingerprint density at radius 1 is 1.05 bits per heavy atom. The first-order chi connectivity index (χ1) is 9.74. The molecule has 0 aliphatic rings. The fraction of sp³-hybridized carbons (Fsp3) is 0.333. The molecule has 20 heavy (non-hydrogen) atoms. The second kappa shape index (κ2) is 6.58. The van der Waals surface area contributed by atoms with Crippen molar-refractivity contribution in [3.05, 3.63) is 65.7 Å². The minimum Gasteiger partial charge on any atom is -0.497 e. The van der Waals surface area contributed by atoms with Crippen molar-refractivity contribution in [3.63, 3.8) is 0 Å². The topological polar surface area (TPSA) is 29.5 Å². The third-order valence-corrected chi connectivity index (χ3v) is 4.04. The lowest BCUT2D eigenvalue weighted by Gasteiger charge is -2.31. The fourth-order valence-electron chi connectivity index (χ4n) is 2.66. The van der Waals surface area contributed by atoms with Crippen molar-refractivity contribution >= 4 is 0 Å². The number of rotatable bonds is 6. The molecule has 1 N–H and O–H groups in total. The molecule has 0 spiro atoms. The SMILES string of the molecule is CCC(CO)(Cc1cccc(OC)c1)c1ccccc1. The highest BCUT2D eigenvalue weighted by Gasteiger charge is 2.29. The first kappa shape index (κ1) is 14.6. The quantitative estimate of drug-likeness (QED) is 0.869. The number of aliphatic hydroxyl groups is 1. The van der Waals surface area contributed by atoms with Crippen molar-refractivity contribution in [1.82, 2.24) is 0 Å². The number of benzene rings is 2. The molecule has 1 unspecified atom stereocenters. The second-order valence-corrected chi connectivity index (χ2v) is 5.19. The van der Waals surface area contributed by atoms with E-state index in [1.54, 1.807) is 7.11 Å². The summed E-state index contributed by atoms with van der Waals surface area (Å²) < 4.78 is 5.28. The van der Waals surface area contributed by atoms with Gasteiger partial charge in [-0.05, 0) is 36.1 Å². The molecule has 1 atom stereocenters. The molecule has 2 aromatic carbocycles. The molecule has 0 fully saturated rings. The van der Waals surface area contributed by atoms with Gasteiger partial charge in [-0.3, -0.25) is 0 Å². The number of hydrogen-bond donors (Lipinski definition) is 1. The number of hydrogen-bond acceptors (Lipinski definition) is 2. The standard InChI is InChI=1S/C18H22O2/c1-3-18(14-19,16-9-5-4-6-10-16)13-15-8-7-11-17(12-15)20-2/h4-12,19H,3,13-14H2,1-2H3. The van der Waals surface area contributed by atoms with Crippen LogP contribution < -0.4 is 4.74 Å². The third-order valence-electron chi connectivity index (χ3n) is 4.04. The molecule has 0 heterocycles. The zero-order valence-corrected chi connectivity index (χ0v) is 12.2. The van der Waals surface area contributed by atoms with Crippen molar-refractivity contribution in [2.45, 2.75) is 25.2 Å². The fourth-order valence-corrected chi connectivity index (χ4v) is 2.66. The highest BCUT2D eigenvalue weighted by molar-refractivity contribution is 5.33. The van der Waals surface area contributed by atoms with Gasteiger partial charge in [0.15, 0.2) is 0 Å². The molecule has 2 nitrogen and oxygen atoms in total. The van der Waals surface area contributed by atoms with E-state index >= 15 is 0 Å². The van der Waals surface area contributed by atoms with Crippen LogP contribution in [0.15, 0.2) is 54.6 Å². The zero-order valence-electron chi connectivity index (χ0n) is 12.2. The van der Waals surface area contributed by atoms with E-state index in [0.29, 0.717) is 0 Å². The van der Waals surface area contributed by atoms with Crippen LogP contribution in [-0.4, -0.2) is 18.8 Å². The lowest BCUT2D eigenvalue weighted by molar-refractivity contribution is 0.186. The summed E-state index contributed by atoms with van der Waals surface area (Å²) in [6.07, 6.45) is 1.70. The smallest absolute Gasteiger partial charge is 0.119 e. The average Bonchev–Trinajstić information content (AvgIpc) is 2.54. The van der Waals surface area contributed by atoms with Gasteiger partial charge in [0.1, 0.15) is 5.75 Å². The second-order valence-electron chi connectivity index (χ2n) is 5.19. The summed E-state index contributed by atoms with van der Waals surface area (Å²) in [5, 5.41) is 9.99. The number of ether oxygens (including phenoxy) is 1. The summed E-state index contributed by atoms with van der Waals surface area (Å²) in [6.45, 7) is 2.27. The Labute approximate surface area is 121 Å². The number of aliphatic hydroxyl groups excluding tert-OH is 1. The van der Waals surface area contributed by atoms with Crippen LogP contribution in [0.4, 0.5) is 0 Å². The van der Waals surface area contributed by atoms with E-state index in [1.807, 2.05) is 36.4 Å². The summed E-state index contributed by atoms with van der Waals surface area (Å²) in [5.41, 5.74) is 2.14. The van der Waals surface area contributed by atoms with E-state index in [0.717, 1.165) is 18.6 Å². The Hall–Kier alpha value is -1.80. The van der Waals surface area contributed by atoms with Crippen molar-refractivity contribution in [1.29, 1.82) is 0 Å². The lowest BCUT2D eigenvalue weighted by atomic mass is 9.74. The highest BCUT2D eigenvalue weighted by Crippen LogP contribution is 2.32. The van der Waals surface area contributed by atoms with Crippen LogP contribution >= 0.6 is 0 Å². The largest absolute Gasteiger partial charge is 0.497 e. The molecular weight excluding hydrogens is 248 g/mol. The molecule has 0 saturated carbocycles. The van der Waals surface area contributed by atoms with Gasteiger partial charge in [0.25, 0.3) is 0 Å². The summed E-state index contributed by atoms with van der Waals surface area (Å²) in [7, 11) is 1.68. The van der Waals surface area contributed by atoms with Crippen molar-refractivity contribution in [2.24, 2.45) is 0 Å². The first-order valence-corrected chi connectivity index (χ1v) is 7.03. The molecule has 2 heteroatoms. The minimum atomic E-state index is -0.229. The van der Waals surface area contributed by atoms with Gasteiger partial charge < -0.3 is 9.84 Å². The third kappa shape index (κ3) is 3.02. The molecule has 0 radical (unpaired) electrons. The van der Waals surface area contributed by atoms with E-state index in [-0.39, 0.29) is 12.0 Å². The van der Waals surface area contributed by atoms with E-state index in [2.05, 4.69) is 25.1 Å². The summed E-state index contributed by atoms with van der Waals surface area (Å²) in [6, 6.07) is 18.3. The molecular formula is C18H22O2. The van der Waals surface area contributed by atoms with Crippen LogP contribution in [0.3, 0.4) is 0 Å². The Balaban J connectivity index is 2.34. The maximum atomic E-state index is 9.99. The van der Waals surface area contributed by atoms with Crippen LogP contribution in [0.25, 0.3) is 0 Å². The maximum Gasteiger partial charge on any atom is 0.119 e. The van der Waals surface area contributed by atoms with Crippen LogP contribution in [0.2, 0.25) is 0 Å². The molecule has 0 aliphatic heterocycles. The summed E-state index contributed by atoms with van der Waals surface area (Å²) in [5.74, 6) is 0.860. The van der Waals surface area contributed by atoms with E-state index in [9.17, 15) is 5.11 Å². The average molecular weight is 270 g/mol. The van der Waals surface area contributed by atoms with E-state index in [1.165, 1.54) is 11.1 Å². The summed E-state index contributed by atoms with van der Waals surface area (Å²) in [4.78, 5) is 0. The van der Waals surface area contributed by atoms with Gasteiger partial charge in [0, 0.05) is 5.41 Å². The van der Waals surface area contributed by atoms with Crippen LogP contribution in [0, 0.1) is 0 Å². The highest BCUT2D eigenvalue weighted by atomic mass is 16.5. The normalized spacial score (nSPS) is 13.8. The van der Waals surface area contributed by atoms with Crippen LogP contribution in [-0.2, 0) is 11.8 Å². The minimum absolute atomic E-state index is 0.144. The van der Waals surface area contributed by atoms with E-state index in [4.69, 9.17) is 4.74 Å². The number of methoxy groups -OCH3 is 1. The molecule has 0 aliphatic carbocycles. The van der Waals surface area contributed by atoms with Gasteiger partial charge in [-0.1, -0.05) is 49.4 Å². The molecule has 0 amide bonds. The lowest BCUT2D eigenvalue weighted by Crippen LogP contribution is -2.32. The Morgan fingerprint density at radius 3 is 2.40 bits per heavy atom. The summed E-state index contributed by atoms with van der Waals surface area (Å²) >= 11 is 0. The van der Waals surface area contributed by atoms with Crippen molar-refractivity contribution in [3.8, 4) is 5.75 Å². The first-order valence-electron chi connectivity index (χ1n) is 7.03. The Morgan fingerprint density at radius 2 is 1.80 bits per heavy atom. The van der Waals surface area contributed by atoms with Crippen LogP contribution in [0.5, 0.6) is 5.75 Å². The predicted molar refractivity (Wildman–Crippen MR) is 82.2 cm³/mol.